The monoisotopic (exact) mass is 698 g/mol. The van der Waals surface area contributed by atoms with E-state index in [2.05, 4.69) is 12.2 Å². The van der Waals surface area contributed by atoms with Gasteiger partial charge in [0.05, 0.1) is 32.8 Å². The molecule has 48 heavy (non-hydrogen) atoms. The van der Waals surface area contributed by atoms with Gasteiger partial charge in [0, 0.05) is 16.1 Å². The third-order valence-corrected chi connectivity index (χ3v) is 9.38. The number of alkyl halides is 3. The number of hydrogen-bond donors (Lipinski definition) is 3. The smallest absolute Gasteiger partial charge is 0.366 e. The Kier molecular flexibility index (Phi) is 9.17. The third kappa shape index (κ3) is 7.08. The topological polar surface area (TPSA) is 144 Å². The molecule has 0 bridgehead atoms. The lowest BCUT2D eigenvalue weighted by Gasteiger charge is -2.17. The highest BCUT2D eigenvalue weighted by Gasteiger charge is 2.44. The Bertz CT molecular complexity index is 2180. The van der Waals surface area contributed by atoms with Gasteiger partial charge in [-0.1, -0.05) is 54.4 Å². The highest BCUT2D eigenvalue weighted by molar-refractivity contribution is 7.85. The number of amides is 2. The second kappa shape index (κ2) is 12.7. The molecule has 1 aliphatic rings. The van der Waals surface area contributed by atoms with Gasteiger partial charge in [-0.2, -0.15) is 21.6 Å². The number of fused-ring (bicyclic) bond motifs is 1. The number of anilines is 1. The molecule has 0 radical (unpaired) electrons. The lowest BCUT2D eigenvalue weighted by molar-refractivity contribution is -0.137. The van der Waals surface area contributed by atoms with E-state index >= 15 is 0 Å². The lowest BCUT2D eigenvalue weighted by Crippen LogP contribution is -2.19. The SMILES string of the molecule is Cc1c(Cl)cccc1-n1c(C2(C)CC2)nc2c(C(N)=O)cc(NC(=O)c3ccccc3C(F)(F)F)cc21.Cc1ccc(S(=O)(=O)O)cc1. The summed E-state index contributed by atoms with van der Waals surface area (Å²) < 4.78 is 71.9. The van der Waals surface area contributed by atoms with Gasteiger partial charge in [0.1, 0.15) is 11.3 Å². The molecule has 14 heteroatoms. The standard InChI is InChI=1S/C27H22ClF3N4O2.C7H8O3S/c1-14-19(28)8-5-9-20(14)35-21-13-15(33-24(37)16-6-3-4-7-18(16)27(29,30)31)12-17(23(32)36)22(21)34-25(35)26(2)10-11-26;1-6-2-4-7(5-3-6)11(8,9)10/h3-9,12-13H,10-11H2,1-2H3,(H2,32,36)(H,33,37);2-5H,1H3,(H,8,9,10). The first kappa shape index (κ1) is 34.6. The number of nitrogens with zero attached hydrogens (tertiary/aromatic N) is 2. The number of imidazole rings is 1. The van der Waals surface area contributed by atoms with Crippen molar-refractivity contribution in [1.29, 1.82) is 0 Å². The number of nitrogens with two attached hydrogens (primary N) is 1. The third-order valence-electron chi connectivity index (χ3n) is 8.10. The maximum atomic E-state index is 13.5. The van der Waals surface area contributed by atoms with Gasteiger partial charge in [-0.05, 0) is 80.8 Å². The summed E-state index contributed by atoms with van der Waals surface area (Å²) in [7, 11) is -4.02. The minimum absolute atomic E-state index is 0.0424. The van der Waals surface area contributed by atoms with Crippen LogP contribution in [0.5, 0.6) is 0 Å². The zero-order valence-corrected chi connectivity index (χ0v) is 27.5. The number of aromatic nitrogens is 2. The number of nitrogens with one attached hydrogen (secondary N) is 1. The van der Waals surface area contributed by atoms with Crippen LogP contribution >= 0.6 is 11.6 Å². The van der Waals surface area contributed by atoms with Gasteiger partial charge in [-0.15, -0.1) is 0 Å². The Hall–Kier alpha value is -4.72. The van der Waals surface area contributed by atoms with Crippen LogP contribution in [0, 0.1) is 13.8 Å². The molecule has 250 valence electrons. The Labute approximate surface area is 279 Å². The summed E-state index contributed by atoms with van der Waals surface area (Å²) in [5.74, 6) is -1.04. The maximum Gasteiger partial charge on any atom is 0.417 e. The molecular weight excluding hydrogens is 669 g/mol. The van der Waals surface area contributed by atoms with E-state index in [1.54, 1.807) is 30.3 Å². The van der Waals surface area contributed by atoms with E-state index in [1.807, 2.05) is 24.5 Å². The van der Waals surface area contributed by atoms with Gasteiger partial charge in [-0.3, -0.25) is 18.7 Å². The van der Waals surface area contributed by atoms with E-state index in [9.17, 15) is 31.2 Å². The zero-order chi connectivity index (χ0) is 35.2. The first-order chi connectivity index (χ1) is 22.4. The fourth-order valence-electron chi connectivity index (χ4n) is 5.17. The van der Waals surface area contributed by atoms with Crippen molar-refractivity contribution in [2.24, 2.45) is 5.73 Å². The van der Waals surface area contributed by atoms with Crippen LogP contribution in [0.15, 0.2) is 83.8 Å². The van der Waals surface area contributed by atoms with Gasteiger partial charge in [0.15, 0.2) is 0 Å². The zero-order valence-electron chi connectivity index (χ0n) is 25.9. The Morgan fingerprint density at radius 2 is 1.62 bits per heavy atom. The number of carbonyl (C=O) groups is 2. The summed E-state index contributed by atoms with van der Waals surface area (Å²) in [5, 5.41) is 3.05. The van der Waals surface area contributed by atoms with E-state index < -0.39 is 39.2 Å². The van der Waals surface area contributed by atoms with Gasteiger partial charge in [0.2, 0.25) is 0 Å². The van der Waals surface area contributed by atoms with Crippen molar-refractivity contribution in [2.75, 3.05) is 5.32 Å². The predicted octanol–water partition coefficient (Wildman–Crippen LogP) is 7.65. The average molecular weight is 699 g/mol. The van der Waals surface area contributed by atoms with Crippen LogP contribution in [0.4, 0.5) is 18.9 Å². The molecule has 0 spiro atoms. The highest BCUT2D eigenvalue weighted by atomic mass is 35.5. The van der Waals surface area contributed by atoms with Gasteiger partial charge >= 0.3 is 6.18 Å². The van der Waals surface area contributed by atoms with E-state index in [1.165, 1.54) is 30.3 Å². The second-order valence-electron chi connectivity index (χ2n) is 11.8. The molecule has 1 aromatic heterocycles. The number of carbonyl (C=O) groups excluding carboxylic acids is 2. The first-order valence-electron chi connectivity index (χ1n) is 14.5. The van der Waals surface area contributed by atoms with Crippen molar-refractivity contribution in [2.45, 2.75) is 50.1 Å². The van der Waals surface area contributed by atoms with Crippen LogP contribution < -0.4 is 11.1 Å². The minimum atomic E-state index is -4.71. The molecule has 2 amide bonds. The fourth-order valence-corrected chi connectivity index (χ4v) is 5.82. The quantitative estimate of drug-likeness (QED) is 0.155. The normalized spacial score (nSPS) is 13.8. The van der Waals surface area contributed by atoms with Crippen LogP contribution in [0.1, 0.15) is 63.0 Å². The predicted molar refractivity (Wildman–Crippen MR) is 176 cm³/mol. The molecule has 4 aromatic carbocycles. The van der Waals surface area contributed by atoms with Gasteiger partial charge in [-0.25, -0.2) is 4.98 Å². The number of primary amides is 1. The molecule has 0 aliphatic heterocycles. The van der Waals surface area contributed by atoms with E-state index in [4.69, 9.17) is 26.9 Å². The van der Waals surface area contributed by atoms with Gasteiger partial charge < -0.3 is 11.1 Å². The molecule has 6 rings (SSSR count). The first-order valence-corrected chi connectivity index (χ1v) is 16.4. The minimum Gasteiger partial charge on any atom is -0.366 e. The van der Waals surface area contributed by atoms with E-state index in [-0.39, 0.29) is 21.6 Å². The number of benzene rings is 4. The van der Waals surface area contributed by atoms with Crippen molar-refractivity contribution < 1.29 is 35.7 Å². The summed E-state index contributed by atoms with van der Waals surface area (Å²) in [6.45, 7) is 5.76. The summed E-state index contributed by atoms with van der Waals surface area (Å²) in [4.78, 5) is 30.1. The number of rotatable bonds is 6. The summed E-state index contributed by atoms with van der Waals surface area (Å²) >= 11 is 6.41. The fraction of sp³-hybridized carbons (Fsp3) is 0.206. The van der Waals surface area contributed by atoms with Crippen molar-refractivity contribution in [3.05, 3.63) is 118 Å². The molecular formula is C34H30ClF3N4O5S. The van der Waals surface area contributed by atoms with Crippen molar-refractivity contribution in [3.8, 4) is 5.69 Å². The van der Waals surface area contributed by atoms with Crippen LogP contribution in [-0.4, -0.2) is 34.3 Å². The Morgan fingerprint density at radius 3 is 2.21 bits per heavy atom. The molecule has 1 fully saturated rings. The molecule has 4 N–H and O–H groups in total. The summed E-state index contributed by atoms with van der Waals surface area (Å²) in [6, 6.07) is 18.8. The Balaban J connectivity index is 0.000000349. The second-order valence-corrected chi connectivity index (χ2v) is 13.6. The molecule has 1 aliphatic carbocycles. The number of aryl methyl sites for hydroxylation is 1. The van der Waals surface area contributed by atoms with Crippen molar-refractivity contribution in [1.82, 2.24) is 9.55 Å². The van der Waals surface area contributed by atoms with E-state index in [0.29, 0.717) is 21.9 Å². The summed E-state index contributed by atoms with van der Waals surface area (Å²) in [5.41, 5.74) is 7.27. The number of halogens is 4. The molecule has 5 aromatic rings. The largest absolute Gasteiger partial charge is 0.417 e. The van der Waals surface area contributed by atoms with Crippen LogP contribution in [0.25, 0.3) is 16.7 Å². The molecule has 1 saturated carbocycles. The van der Waals surface area contributed by atoms with E-state index in [0.717, 1.165) is 41.8 Å². The Morgan fingerprint density at radius 1 is 0.979 bits per heavy atom. The van der Waals surface area contributed by atoms with Crippen LogP contribution in [0.3, 0.4) is 0 Å². The van der Waals surface area contributed by atoms with Gasteiger partial charge in [0.25, 0.3) is 21.9 Å². The molecule has 0 saturated heterocycles. The highest BCUT2D eigenvalue weighted by Crippen LogP contribution is 2.49. The maximum absolute atomic E-state index is 13.5. The summed E-state index contributed by atoms with van der Waals surface area (Å²) in [6.07, 6.45) is -2.94. The molecule has 0 atom stereocenters. The van der Waals surface area contributed by atoms with Crippen LogP contribution in [-0.2, 0) is 21.7 Å². The molecule has 0 unspecified atom stereocenters. The van der Waals surface area contributed by atoms with Crippen LogP contribution in [0.2, 0.25) is 5.02 Å². The molecule has 9 nitrogen and oxygen atoms in total. The molecule has 1 heterocycles. The lowest BCUT2D eigenvalue weighted by atomic mass is 10.1. The van der Waals surface area contributed by atoms with Crippen molar-refractivity contribution >= 4 is 50.3 Å². The van der Waals surface area contributed by atoms with Crippen molar-refractivity contribution in [3.63, 3.8) is 0 Å². The number of hydrogen-bond acceptors (Lipinski definition) is 5. The average Bonchev–Trinajstić information content (AvgIpc) is 3.65.